The number of carbonyl (C=O) groups is 1. The molecule has 1 aliphatic rings. The van der Waals surface area contributed by atoms with Gasteiger partial charge in [0.15, 0.2) is 5.65 Å². The molecule has 1 fully saturated rings. The van der Waals surface area contributed by atoms with Gasteiger partial charge in [0.1, 0.15) is 5.56 Å². The molecule has 0 aliphatic carbocycles. The summed E-state index contributed by atoms with van der Waals surface area (Å²) in [4.78, 5) is 18.8. The lowest BCUT2D eigenvalue weighted by atomic mass is 10.2. The van der Waals surface area contributed by atoms with Crippen LogP contribution in [-0.2, 0) is 4.74 Å². The fourth-order valence-electron chi connectivity index (χ4n) is 2.65. The number of hydrogen-bond acceptors (Lipinski definition) is 5. The van der Waals surface area contributed by atoms with Crippen molar-refractivity contribution in [2.45, 2.75) is 19.9 Å². The van der Waals surface area contributed by atoms with Gasteiger partial charge in [-0.25, -0.2) is 9.50 Å². The lowest BCUT2D eigenvalue weighted by Crippen LogP contribution is -2.50. The van der Waals surface area contributed by atoms with Crippen molar-refractivity contribution in [2.75, 3.05) is 26.4 Å². The van der Waals surface area contributed by atoms with Crippen LogP contribution in [0, 0.1) is 13.8 Å². The van der Waals surface area contributed by atoms with Crippen LogP contribution >= 0.6 is 0 Å². The van der Waals surface area contributed by atoms with Crippen molar-refractivity contribution in [1.82, 2.24) is 19.5 Å². The SMILES string of the molecule is Cc1cc(C)n2ncc(C(=O)N3CCOCC3CO)c2n1. The zero-order valence-corrected chi connectivity index (χ0v) is 12.1. The average Bonchev–Trinajstić information content (AvgIpc) is 2.90. The topological polar surface area (TPSA) is 80.0 Å². The Balaban J connectivity index is 2.01. The van der Waals surface area contributed by atoms with E-state index in [1.165, 1.54) is 0 Å². The van der Waals surface area contributed by atoms with Crippen molar-refractivity contribution < 1.29 is 14.6 Å². The third-order valence-corrected chi connectivity index (χ3v) is 3.71. The molecule has 21 heavy (non-hydrogen) atoms. The van der Waals surface area contributed by atoms with Crippen molar-refractivity contribution in [1.29, 1.82) is 0 Å². The molecule has 2 aromatic heterocycles. The van der Waals surface area contributed by atoms with Crippen LogP contribution in [0.1, 0.15) is 21.7 Å². The molecule has 3 heterocycles. The first-order chi connectivity index (χ1) is 10.1. The molecule has 0 saturated carbocycles. The first-order valence-corrected chi connectivity index (χ1v) is 6.93. The van der Waals surface area contributed by atoms with Crippen LogP contribution in [0.2, 0.25) is 0 Å². The van der Waals surface area contributed by atoms with E-state index in [2.05, 4.69) is 10.1 Å². The van der Waals surface area contributed by atoms with Gasteiger partial charge in [-0.1, -0.05) is 0 Å². The number of aliphatic hydroxyl groups is 1. The van der Waals surface area contributed by atoms with Crippen LogP contribution in [0.3, 0.4) is 0 Å². The summed E-state index contributed by atoms with van der Waals surface area (Å²) in [6.45, 7) is 5.00. The highest BCUT2D eigenvalue weighted by Crippen LogP contribution is 2.17. The first-order valence-electron chi connectivity index (χ1n) is 6.93. The second-order valence-electron chi connectivity index (χ2n) is 5.24. The lowest BCUT2D eigenvalue weighted by Gasteiger charge is -2.34. The summed E-state index contributed by atoms with van der Waals surface area (Å²) >= 11 is 0. The molecule has 1 N–H and O–H groups in total. The van der Waals surface area contributed by atoms with Crippen LogP contribution in [-0.4, -0.2) is 62.9 Å². The summed E-state index contributed by atoms with van der Waals surface area (Å²) in [7, 11) is 0. The van der Waals surface area contributed by atoms with E-state index in [0.717, 1.165) is 11.4 Å². The standard InChI is InChI=1S/C14H18N4O3/c1-9-5-10(2)18-13(16-9)12(6-15-18)14(20)17-3-4-21-8-11(17)7-19/h5-6,11,19H,3-4,7-8H2,1-2H3. The average molecular weight is 290 g/mol. The van der Waals surface area contributed by atoms with Crippen LogP contribution in [0.4, 0.5) is 0 Å². The number of nitrogens with zero attached hydrogens (tertiary/aromatic N) is 4. The quantitative estimate of drug-likeness (QED) is 0.853. The zero-order valence-electron chi connectivity index (χ0n) is 12.1. The highest BCUT2D eigenvalue weighted by atomic mass is 16.5. The minimum atomic E-state index is -0.313. The van der Waals surface area contributed by atoms with E-state index in [1.54, 1.807) is 15.6 Å². The van der Waals surface area contributed by atoms with Crippen molar-refractivity contribution in [3.8, 4) is 0 Å². The predicted octanol–water partition coefficient (Wildman–Crippen LogP) is 0.179. The van der Waals surface area contributed by atoms with Crippen LogP contribution in [0.5, 0.6) is 0 Å². The number of carbonyl (C=O) groups excluding carboxylic acids is 1. The smallest absolute Gasteiger partial charge is 0.259 e. The molecule has 0 radical (unpaired) electrons. The van der Waals surface area contributed by atoms with E-state index < -0.39 is 0 Å². The highest BCUT2D eigenvalue weighted by Gasteiger charge is 2.29. The van der Waals surface area contributed by atoms with E-state index in [9.17, 15) is 9.90 Å². The summed E-state index contributed by atoms with van der Waals surface area (Å²) < 4.78 is 6.97. The highest BCUT2D eigenvalue weighted by molar-refractivity contribution is 6.00. The fourth-order valence-corrected chi connectivity index (χ4v) is 2.65. The van der Waals surface area contributed by atoms with Crippen LogP contribution < -0.4 is 0 Å². The number of amides is 1. The number of ether oxygens (including phenoxy) is 1. The molecule has 7 heteroatoms. The summed E-state index contributed by atoms with van der Waals surface area (Å²) in [6, 6.07) is 1.60. The molecule has 3 rings (SSSR count). The van der Waals surface area contributed by atoms with E-state index >= 15 is 0 Å². The Bertz CT molecular complexity index is 682. The van der Waals surface area contributed by atoms with Crippen molar-refractivity contribution in [2.24, 2.45) is 0 Å². The van der Waals surface area contributed by atoms with E-state index in [-0.39, 0.29) is 18.6 Å². The van der Waals surface area contributed by atoms with Gasteiger partial charge >= 0.3 is 0 Å². The zero-order chi connectivity index (χ0) is 15.0. The minimum absolute atomic E-state index is 0.115. The maximum atomic E-state index is 12.7. The van der Waals surface area contributed by atoms with Crippen molar-refractivity contribution in [3.05, 3.63) is 29.2 Å². The van der Waals surface area contributed by atoms with Crippen molar-refractivity contribution in [3.63, 3.8) is 0 Å². The monoisotopic (exact) mass is 290 g/mol. The van der Waals surface area contributed by atoms with Gasteiger partial charge in [0, 0.05) is 17.9 Å². The molecule has 2 aromatic rings. The molecule has 0 aromatic carbocycles. The summed E-state index contributed by atoms with van der Waals surface area (Å²) in [5.41, 5.74) is 2.79. The molecule has 1 aliphatic heterocycles. The molecular formula is C14H18N4O3. The Morgan fingerprint density at radius 2 is 2.33 bits per heavy atom. The second-order valence-corrected chi connectivity index (χ2v) is 5.24. The predicted molar refractivity (Wildman–Crippen MR) is 75.2 cm³/mol. The minimum Gasteiger partial charge on any atom is -0.394 e. The Morgan fingerprint density at radius 3 is 3.10 bits per heavy atom. The number of hydrogen-bond donors (Lipinski definition) is 1. The van der Waals surface area contributed by atoms with Gasteiger partial charge in [0.2, 0.25) is 0 Å². The number of morpholine rings is 1. The Labute approximate surface area is 122 Å². The van der Waals surface area contributed by atoms with Gasteiger partial charge in [-0.05, 0) is 19.9 Å². The van der Waals surface area contributed by atoms with E-state index in [1.807, 2.05) is 19.9 Å². The number of aromatic nitrogens is 3. The van der Waals surface area contributed by atoms with Crippen molar-refractivity contribution >= 4 is 11.6 Å². The summed E-state index contributed by atoms with van der Waals surface area (Å²) in [5.74, 6) is -0.162. The second kappa shape index (κ2) is 5.42. The Hall–Kier alpha value is -1.99. The molecule has 0 spiro atoms. The third kappa shape index (κ3) is 2.38. The fraction of sp³-hybridized carbons (Fsp3) is 0.500. The number of aryl methyl sites for hydroxylation is 2. The number of aliphatic hydroxyl groups excluding tert-OH is 1. The molecule has 112 valence electrons. The van der Waals surface area contributed by atoms with Crippen LogP contribution in [0.25, 0.3) is 5.65 Å². The maximum Gasteiger partial charge on any atom is 0.259 e. The molecule has 1 saturated heterocycles. The lowest BCUT2D eigenvalue weighted by molar-refractivity contribution is -0.0183. The third-order valence-electron chi connectivity index (χ3n) is 3.71. The maximum absolute atomic E-state index is 12.7. The van der Waals surface area contributed by atoms with Gasteiger partial charge < -0.3 is 14.7 Å². The Kier molecular flexibility index (Phi) is 3.60. The van der Waals surface area contributed by atoms with Gasteiger partial charge in [0.25, 0.3) is 5.91 Å². The van der Waals surface area contributed by atoms with Gasteiger partial charge in [0.05, 0.1) is 32.1 Å². The number of rotatable bonds is 2. The molecular weight excluding hydrogens is 272 g/mol. The van der Waals surface area contributed by atoms with Gasteiger partial charge in [-0.15, -0.1) is 0 Å². The summed E-state index contributed by atoms with van der Waals surface area (Å²) in [6.07, 6.45) is 1.54. The van der Waals surface area contributed by atoms with Crippen LogP contribution in [0.15, 0.2) is 12.3 Å². The molecule has 7 nitrogen and oxygen atoms in total. The van der Waals surface area contributed by atoms with Gasteiger partial charge in [-0.2, -0.15) is 5.10 Å². The van der Waals surface area contributed by atoms with Gasteiger partial charge in [-0.3, -0.25) is 4.79 Å². The normalized spacial score (nSPS) is 19.2. The van der Waals surface area contributed by atoms with E-state index in [4.69, 9.17) is 4.74 Å². The Morgan fingerprint density at radius 1 is 1.52 bits per heavy atom. The molecule has 1 atom stereocenters. The molecule has 1 unspecified atom stereocenters. The largest absolute Gasteiger partial charge is 0.394 e. The summed E-state index contributed by atoms with van der Waals surface area (Å²) in [5, 5.41) is 13.6. The molecule has 0 bridgehead atoms. The number of fused-ring (bicyclic) bond motifs is 1. The molecule has 1 amide bonds. The van der Waals surface area contributed by atoms with E-state index in [0.29, 0.717) is 31.0 Å². The first kappa shape index (κ1) is 14.0.